The molecule has 0 atom stereocenters. The number of ketones is 1. The molecule has 0 radical (unpaired) electrons. The summed E-state index contributed by atoms with van der Waals surface area (Å²) in [5, 5.41) is 0. The van der Waals surface area contributed by atoms with Gasteiger partial charge in [-0.05, 0) is 30.5 Å². The summed E-state index contributed by atoms with van der Waals surface area (Å²) in [6, 6.07) is 15.6. The van der Waals surface area contributed by atoms with E-state index in [2.05, 4.69) is 20.7 Å². The van der Waals surface area contributed by atoms with Crippen molar-refractivity contribution in [3.8, 4) is 0 Å². The second-order valence-corrected chi connectivity index (χ2v) is 6.96. The van der Waals surface area contributed by atoms with Gasteiger partial charge in [-0.15, -0.1) is 0 Å². The van der Waals surface area contributed by atoms with Gasteiger partial charge in [0, 0.05) is 25.1 Å². The molecule has 2 aliphatic heterocycles. The number of ether oxygens (including phenoxy) is 1. The van der Waals surface area contributed by atoms with Crippen LogP contribution < -0.4 is 9.80 Å². The molecule has 2 aromatic carbocycles. The number of benzene rings is 2. The van der Waals surface area contributed by atoms with Crippen molar-refractivity contribution in [3.63, 3.8) is 0 Å². The number of Topliss-reactive ketones (excluding diaryl/α,β-unsaturated/α-hetero) is 1. The zero-order valence-corrected chi connectivity index (χ0v) is 15.9. The predicted octanol–water partition coefficient (Wildman–Crippen LogP) is 3.06. The van der Waals surface area contributed by atoms with Gasteiger partial charge >= 0.3 is 5.97 Å². The molecular weight excluding hydrogens is 354 g/mol. The Balaban J connectivity index is 1.49. The minimum Gasteiger partial charge on any atom is -0.469 e. The number of carbonyl (C=O) groups excluding carboxylic acids is 2. The molecular formula is C22H23N3O3. The molecule has 6 nitrogen and oxygen atoms in total. The lowest BCUT2D eigenvalue weighted by atomic mass is 10.0. The van der Waals surface area contributed by atoms with Crippen LogP contribution in [0.5, 0.6) is 0 Å². The van der Waals surface area contributed by atoms with E-state index in [-0.39, 0.29) is 18.3 Å². The van der Waals surface area contributed by atoms with Gasteiger partial charge in [0.25, 0.3) is 0 Å². The summed E-state index contributed by atoms with van der Waals surface area (Å²) in [6.07, 6.45) is 1.96. The number of fused-ring (bicyclic) bond motifs is 3. The van der Waals surface area contributed by atoms with E-state index in [9.17, 15) is 9.59 Å². The van der Waals surface area contributed by atoms with Crippen LogP contribution in [-0.2, 0) is 16.0 Å². The molecule has 2 heterocycles. The Morgan fingerprint density at radius 3 is 2.57 bits per heavy atom. The third-order valence-corrected chi connectivity index (χ3v) is 5.16. The highest BCUT2D eigenvalue weighted by Crippen LogP contribution is 2.38. The second kappa shape index (κ2) is 7.84. The van der Waals surface area contributed by atoms with Gasteiger partial charge in [-0.25, -0.2) is 0 Å². The molecule has 2 aliphatic rings. The Morgan fingerprint density at radius 2 is 1.82 bits per heavy atom. The van der Waals surface area contributed by atoms with Gasteiger partial charge in [0.2, 0.25) is 5.96 Å². The number of hydrogen-bond acceptors (Lipinski definition) is 6. The molecule has 28 heavy (non-hydrogen) atoms. The minimum atomic E-state index is -0.231. The fourth-order valence-electron chi connectivity index (χ4n) is 3.68. The highest BCUT2D eigenvalue weighted by Gasteiger charge is 2.34. The zero-order chi connectivity index (χ0) is 19.5. The number of nitrogens with zero attached hydrogens (tertiary/aromatic N) is 3. The molecule has 0 aliphatic carbocycles. The van der Waals surface area contributed by atoms with Crippen LogP contribution in [-0.4, -0.2) is 44.5 Å². The fraction of sp³-hybridized carbons (Fsp3) is 0.318. The van der Waals surface area contributed by atoms with Gasteiger partial charge in [0.1, 0.15) is 0 Å². The van der Waals surface area contributed by atoms with Crippen molar-refractivity contribution in [2.75, 3.05) is 36.5 Å². The number of guanidine groups is 1. The lowest BCUT2D eigenvalue weighted by molar-refractivity contribution is -0.140. The van der Waals surface area contributed by atoms with Crippen molar-refractivity contribution in [3.05, 3.63) is 59.7 Å². The molecule has 4 rings (SSSR count). The standard InChI is InChI=1S/C22H23N3O3/c1-28-21(27)12-9-16-7-10-17(11-8-16)20(26)15-25-19-6-3-2-5-18(19)24-14-4-13-23-22(24)25/h2-3,5-8,10-11H,4,9,12-15H2,1H3. The van der Waals surface area contributed by atoms with E-state index in [4.69, 9.17) is 0 Å². The molecule has 0 saturated carbocycles. The van der Waals surface area contributed by atoms with E-state index in [1.165, 1.54) is 7.11 Å². The van der Waals surface area contributed by atoms with Crippen molar-refractivity contribution < 1.29 is 14.3 Å². The number of hydrogen-bond donors (Lipinski definition) is 0. The Kier molecular flexibility index (Phi) is 5.10. The fourth-order valence-corrected chi connectivity index (χ4v) is 3.68. The van der Waals surface area contributed by atoms with Gasteiger partial charge in [0.15, 0.2) is 5.78 Å². The summed E-state index contributed by atoms with van der Waals surface area (Å²) in [7, 11) is 1.39. The molecule has 144 valence electrons. The van der Waals surface area contributed by atoms with Gasteiger partial charge in [-0.2, -0.15) is 0 Å². The van der Waals surface area contributed by atoms with Crippen molar-refractivity contribution >= 4 is 29.1 Å². The summed E-state index contributed by atoms with van der Waals surface area (Å²) >= 11 is 0. The Morgan fingerprint density at radius 1 is 1.07 bits per heavy atom. The van der Waals surface area contributed by atoms with Gasteiger partial charge in [-0.1, -0.05) is 36.4 Å². The quantitative estimate of drug-likeness (QED) is 0.572. The average molecular weight is 377 g/mol. The van der Waals surface area contributed by atoms with Crippen LogP contribution >= 0.6 is 0 Å². The SMILES string of the molecule is COC(=O)CCc1ccc(C(=O)CN2C3=NCCCN3c3ccccc32)cc1. The molecule has 0 unspecified atom stereocenters. The molecule has 0 saturated heterocycles. The zero-order valence-electron chi connectivity index (χ0n) is 15.9. The molecule has 0 spiro atoms. The van der Waals surface area contributed by atoms with E-state index >= 15 is 0 Å². The van der Waals surface area contributed by atoms with Gasteiger partial charge in [0.05, 0.1) is 25.0 Å². The van der Waals surface area contributed by atoms with E-state index in [0.717, 1.165) is 42.4 Å². The molecule has 0 amide bonds. The lowest BCUT2D eigenvalue weighted by Crippen LogP contribution is -2.43. The smallest absolute Gasteiger partial charge is 0.305 e. The van der Waals surface area contributed by atoms with Crippen LogP contribution in [0.25, 0.3) is 0 Å². The van der Waals surface area contributed by atoms with Crippen molar-refractivity contribution in [1.82, 2.24) is 0 Å². The van der Waals surface area contributed by atoms with Crippen molar-refractivity contribution in [2.24, 2.45) is 4.99 Å². The van der Waals surface area contributed by atoms with Gasteiger partial charge < -0.3 is 14.5 Å². The third kappa shape index (κ3) is 3.50. The monoisotopic (exact) mass is 377 g/mol. The number of anilines is 2. The van der Waals surface area contributed by atoms with E-state index in [1.54, 1.807) is 0 Å². The third-order valence-electron chi connectivity index (χ3n) is 5.16. The van der Waals surface area contributed by atoms with Crippen LogP contribution in [0.4, 0.5) is 11.4 Å². The van der Waals surface area contributed by atoms with E-state index in [0.29, 0.717) is 18.4 Å². The first-order valence-electron chi connectivity index (χ1n) is 9.55. The molecule has 6 heteroatoms. The molecule has 0 fully saturated rings. The van der Waals surface area contributed by atoms with Crippen LogP contribution in [0.1, 0.15) is 28.8 Å². The molecule has 0 N–H and O–H groups in total. The Hall–Kier alpha value is -3.15. The number of methoxy groups -OCH3 is 1. The number of para-hydroxylation sites is 2. The first-order chi connectivity index (χ1) is 13.7. The van der Waals surface area contributed by atoms with Gasteiger partial charge in [-0.3, -0.25) is 14.6 Å². The number of carbonyl (C=O) groups is 2. The summed E-state index contributed by atoms with van der Waals surface area (Å²) in [4.78, 5) is 33.1. The Labute approximate surface area is 164 Å². The summed E-state index contributed by atoms with van der Waals surface area (Å²) in [5.41, 5.74) is 3.82. The maximum Gasteiger partial charge on any atom is 0.305 e. The highest BCUT2D eigenvalue weighted by atomic mass is 16.5. The minimum absolute atomic E-state index is 0.0458. The normalized spacial score (nSPS) is 15.0. The number of aliphatic imine (C=N–C) groups is 1. The van der Waals surface area contributed by atoms with E-state index < -0.39 is 0 Å². The number of rotatable bonds is 6. The van der Waals surface area contributed by atoms with E-state index in [1.807, 2.05) is 47.4 Å². The van der Waals surface area contributed by atoms with Crippen LogP contribution in [0.15, 0.2) is 53.5 Å². The van der Waals surface area contributed by atoms with Crippen molar-refractivity contribution in [1.29, 1.82) is 0 Å². The molecule has 0 aromatic heterocycles. The topological polar surface area (TPSA) is 62.2 Å². The maximum absolute atomic E-state index is 12.9. The highest BCUT2D eigenvalue weighted by molar-refractivity contribution is 6.19. The number of esters is 1. The molecule has 0 bridgehead atoms. The van der Waals surface area contributed by atoms with Crippen LogP contribution in [0, 0.1) is 0 Å². The number of aryl methyl sites for hydroxylation is 1. The van der Waals surface area contributed by atoms with Crippen LogP contribution in [0.2, 0.25) is 0 Å². The summed E-state index contributed by atoms with van der Waals surface area (Å²) in [6.45, 7) is 1.97. The Bertz CT molecular complexity index is 921. The maximum atomic E-state index is 12.9. The average Bonchev–Trinajstić information content (AvgIpc) is 3.06. The largest absolute Gasteiger partial charge is 0.469 e. The lowest BCUT2D eigenvalue weighted by Gasteiger charge is -2.26. The van der Waals surface area contributed by atoms with Crippen molar-refractivity contribution in [2.45, 2.75) is 19.3 Å². The first kappa shape index (κ1) is 18.2. The predicted molar refractivity (Wildman–Crippen MR) is 109 cm³/mol. The first-order valence-corrected chi connectivity index (χ1v) is 9.55. The second-order valence-electron chi connectivity index (χ2n) is 6.96. The summed E-state index contributed by atoms with van der Waals surface area (Å²) in [5.74, 6) is 0.686. The van der Waals surface area contributed by atoms with Crippen LogP contribution in [0.3, 0.4) is 0 Å². The molecule has 2 aromatic rings. The summed E-state index contributed by atoms with van der Waals surface area (Å²) < 4.78 is 4.67.